The van der Waals surface area contributed by atoms with Gasteiger partial charge in [0.15, 0.2) is 5.82 Å². The van der Waals surface area contributed by atoms with E-state index >= 15 is 0 Å². The van der Waals surface area contributed by atoms with Gasteiger partial charge < -0.3 is 10.1 Å². The zero-order chi connectivity index (χ0) is 19.2. The van der Waals surface area contributed by atoms with E-state index in [9.17, 15) is 14.9 Å². The quantitative estimate of drug-likeness (QED) is 0.359. The largest absolute Gasteiger partial charge is 0.495 e. The van der Waals surface area contributed by atoms with Crippen molar-refractivity contribution in [2.45, 2.75) is 5.16 Å². The van der Waals surface area contributed by atoms with Crippen LogP contribution in [0, 0.1) is 10.1 Å². The number of benzene rings is 1. The van der Waals surface area contributed by atoms with Crippen LogP contribution in [0.3, 0.4) is 0 Å². The van der Waals surface area contributed by atoms with E-state index < -0.39 is 4.92 Å². The minimum absolute atomic E-state index is 0.0273. The Kier molecular flexibility index (Phi) is 5.61. The number of amides is 1. The van der Waals surface area contributed by atoms with Gasteiger partial charge in [-0.1, -0.05) is 11.8 Å². The van der Waals surface area contributed by atoms with Gasteiger partial charge in [0.25, 0.3) is 5.69 Å². The fourth-order valence-corrected chi connectivity index (χ4v) is 2.77. The highest BCUT2D eigenvalue weighted by molar-refractivity contribution is 7.99. The van der Waals surface area contributed by atoms with Crippen molar-refractivity contribution in [1.29, 1.82) is 0 Å². The third-order valence-corrected chi connectivity index (χ3v) is 4.27. The molecule has 138 valence electrons. The first-order valence-electron chi connectivity index (χ1n) is 7.64. The van der Waals surface area contributed by atoms with Crippen molar-refractivity contribution in [3.05, 3.63) is 52.8 Å². The lowest BCUT2D eigenvalue weighted by Crippen LogP contribution is -2.15. The van der Waals surface area contributed by atoms with Crippen molar-refractivity contribution in [2.75, 3.05) is 18.2 Å². The van der Waals surface area contributed by atoms with Crippen LogP contribution < -0.4 is 10.1 Å². The molecule has 0 unspecified atom stereocenters. The van der Waals surface area contributed by atoms with E-state index in [1.807, 2.05) is 0 Å². The van der Waals surface area contributed by atoms with Gasteiger partial charge in [-0.25, -0.2) is 4.98 Å². The van der Waals surface area contributed by atoms with Crippen LogP contribution in [0.15, 0.2) is 47.9 Å². The Balaban J connectivity index is 1.63. The molecule has 11 heteroatoms. The first kappa shape index (κ1) is 18.3. The Labute approximate surface area is 157 Å². The lowest BCUT2D eigenvalue weighted by Gasteiger charge is -2.09. The van der Waals surface area contributed by atoms with Crippen molar-refractivity contribution in [3.63, 3.8) is 0 Å². The molecular weight excluding hydrogens is 372 g/mol. The minimum atomic E-state index is -0.544. The molecule has 0 fully saturated rings. The summed E-state index contributed by atoms with van der Waals surface area (Å²) in [4.78, 5) is 30.8. The maximum Gasteiger partial charge on any atom is 0.271 e. The molecule has 0 bridgehead atoms. The highest BCUT2D eigenvalue weighted by Crippen LogP contribution is 2.29. The standard InChI is InChI=1S/C16H14N6O4S/c1-26-13-3-2-11(22(24)25)8-12(13)18-14(23)9-27-16-19-15(20-21-16)10-4-6-17-7-5-10/h2-8H,9H2,1H3,(H,18,23)(H,19,20,21). The third kappa shape index (κ3) is 4.58. The lowest BCUT2D eigenvalue weighted by atomic mass is 10.2. The highest BCUT2D eigenvalue weighted by atomic mass is 32.2. The van der Waals surface area contributed by atoms with E-state index in [0.717, 1.165) is 17.3 Å². The summed E-state index contributed by atoms with van der Waals surface area (Å²) in [6.45, 7) is 0. The molecule has 2 aromatic heterocycles. The molecule has 0 saturated heterocycles. The summed E-state index contributed by atoms with van der Waals surface area (Å²) in [6.07, 6.45) is 3.29. The van der Waals surface area contributed by atoms with Crippen molar-refractivity contribution in [1.82, 2.24) is 20.2 Å². The number of methoxy groups -OCH3 is 1. The summed E-state index contributed by atoms with van der Waals surface area (Å²) < 4.78 is 5.12. The number of hydrogen-bond donors (Lipinski definition) is 2. The monoisotopic (exact) mass is 386 g/mol. The topological polar surface area (TPSA) is 136 Å². The molecule has 0 atom stereocenters. The molecule has 0 saturated carbocycles. The van der Waals surface area contributed by atoms with Gasteiger partial charge in [0.05, 0.1) is 23.5 Å². The number of aromatic amines is 1. The van der Waals surface area contributed by atoms with Crippen molar-refractivity contribution in [2.24, 2.45) is 0 Å². The van der Waals surface area contributed by atoms with Crippen LogP contribution in [0.2, 0.25) is 0 Å². The van der Waals surface area contributed by atoms with Gasteiger partial charge in [0.2, 0.25) is 11.1 Å². The molecule has 3 rings (SSSR count). The summed E-state index contributed by atoms with van der Waals surface area (Å²) in [5, 5.41) is 20.8. The minimum Gasteiger partial charge on any atom is -0.495 e. The van der Waals surface area contributed by atoms with Gasteiger partial charge in [-0.05, 0) is 18.2 Å². The molecule has 1 amide bonds. The van der Waals surface area contributed by atoms with Gasteiger partial charge in [-0.3, -0.25) is 25.0 Å². The fraction of sp³-hybridized carbons (Fsp3) is 0.125. The number of non-ortho nitro benzene ring substituents is 1. The Morgan fingerprint density at radius 2 is 2.11 bits per heavy atom. The predicted octanol–water partition coefficient (Wildman–Crippen LogP) is 2.51. The normalized spacial score (nSPS) is 10.4. The molecule has 27 heavy (non-hydrogen) atoms. The van der Waals surface area contributed by atoms with Crippen molar-refractivity contribution < 1.29 is 14.5 Å². The number of hydrogen-bond acceptors (Lipinski definition) is 8. The van der Waals surface area contributed by atoms with E-state index in [1.54, 1.807) is 24.5 Å². The zero-order valence-electron chi connectivity index (χ0n) is 14.1. The molecule has 3 aromatic rings. The number of rotatable bonds is 7. The van der Waals surface area contributed by atoms with Gasteiger partial charge in [0.1, 0.15) is 5.75 Å². The molecule has 2 N–H and O–H groups in total. The molecule has 0 aliphatic heterocycles. The maximum atomic E-state index is 12.2. The van der Waals surface area contributed by atoms with Crippen LogP contribution in [0.5, 0.6) is 5.75 Å². The number of nitrogens with one attached hydrogen (secondary N) is 2. The number of anilines is 1. The maximum absolute atomic E-state index is 12.2. The van der Waals surface area contributed by atoms with Crippen LogP contribution in [-0.2, 0) is 4.79 Å². The van der Waals surface area contributed by atoms with E-state index in [1.165, 1.54) is 25.3 Å². The molecule has 0 aliphatic carbocycles. The Morgan fingerprint density at radius 1 is 1.33 bits per heavy atom. The number of H-pyrrole nitrogens is 1. The Bertz CT molecular complexity index is 963. The number of nitrogens with zero attached hydrogens (tertiary/aromatic N) is 4. The third-order valence-electron chi connectivity index (χ3n) is 3.42. The van der Waals surface area contributed by atoms with Crippen molar-refractivity contribution >= 4 is 29.0 Å². The second-order valence-electron chi connectivity index (χ2n) is 5.18. The Hall–Kier alpha value is -3.47. The highest BCUT2D eigenvalue weighted by Gasteiger charge is 2.15. The molecule has 10 nitrogen and oxygen atoms in total. The summed E-state index contributed by atoms with van der Waals surface area (Å²) in [7, 11) is 1.42. The first-order chi connectivity index (χ1) is 13.1. The smallest absolute Gasteiger partial charge is 0.271 e. The van der Waals surface area contributed by atoms with Crippen LogP contribution in [0.1, 0.15) is 0 Å². The molecular formula is C16H14N6O4S. The van der Waals surface area contributed by atoms with E-state index in [-0.39, 0.29) is 23.0 Å². The SMILES string of the molecule is COc1ccc([N+](=O)[O-])cc1NC(=O)CSc1n[nH]c(-c2ccncc2)n1. The number of carbonyl (C=O) groups is 1. The van der Waals surface area contributed by atoms with Gasteiger partial charge >= 0.3 is 0 Å². The second-order valence-corrected chi connectivity index (χ2v) is 6.12. The van der Waals surface area contributed by atoms with Crippen LogP contribution in [-0.4, -0.2) is 43.9 Å². The average Bonchev–Trinajstić information content (AvgIpc) is 3.16. The van der Waals surface area contributed by atoms with Gasteiger partial charge in [-0.15, -0.1) is 5.10 Å². The van der Waals surface area contributed by atoms with E-state index in [2.05, 4.69) is 25.5 Å². The number of thioether (sulfide) groups is 1. The lowest BCUT2D eigenvalue weighted by molar-refractivity contribution is -0.384. The number of pyridine rings is 1. The fourth-order valence-electron chi connectivity index (χ4n) is 2.17. The number of ether oxygens (including phenoxy) is 1. The van der Waals surface area contributed by atoms with E-state index in [4.69, 9.17) is 4.74 Å². The van der Waals surface area contributed by atoms with Gasteiger partial charge in [0, 0.05) is 30.1 Å². The molecule has 0 radical (unpaired) electrons. The van der Waals surface area contributed by atoms with E-state index in [0.29, 0.717) is 16.7 Å². The summed E-state index contributed by atoms with van der Waals surface area (Å²) in [5.41, 5.74) is 0.912. The number of nitro groups is 1. The number of carbonyl (C=O) groups excluding carboxylic acids is 1. The van der Waals surface area contributed by atoms with Crippen LogP contribution in [0.4, 0.5) is 11.4 Å². The average molecular weight is 386 g/mol. The number of aromatic nitrogens is 4. The number of nitro benzene ring substituents is 1. The van der Waals surface area contributed by atoms with Crippen LogP contribution >= 0.6 is 11.8 Å². The first-order valence-corrected chi connectivity index (χ1v) is 8.63. The zero-order valence-corrected chi connectivity index (χ0v) is 14.9. The second kappa shape index (κ2) is 8.27. The molecule has 0 aliphatic rings. The Morgan fingerprint density at radius 3 is 2.81 bits per heavy atom. The predicted molar refractivity (Wildman–Crippen MR) is 98.6 cm³/mol. The molecule has 1 aromatic carbocycles. The van der Waals surface area contributed by atoms with Crippen LogP contribution in [0.25, 0.3) is 11.4 Å². The van der Waals surface area contributed by atoms with Crippen molar-refractivity contribution in [3.8, 4) is 17.1 Å². The summed E-state index contributed by atoms with van der Waals surface area (Å²) >= 11 is 1.13. The summed E-state index contributed by atoms with van der Waals surface area (Å²) in [5.74, 6) is 0.561. The molecule has 2 heterocycles. The summed E-state index contributed by atoms with van der Waals surface area (Å²) in [6, 6.07) is 7.55. The molecule has 0 spiro atoms. The van der Waals surface area contributed by atoms with Gasteiger partial charge in [-0.2, -0.15) is 0 Å².